The maximum atomic E-state index is 13.7. The van der Waals surface area contributed by atoms with Gasteiger partial charge in [-0.1, -0.05) is 48.5 Å². The molecule has 2 aliphatic heterocycles. The third kappa shape index (κ3) is 2.90. The van der Waals surface area contributed by atoms with Crippen LogP contribution in [0.1, 0.15) is 18.1 Å². The number of rotatable bonds is 5. The van der Waals surface area contributed by atoms with Gasteiger partial charge in [-0.15, -0.1) is 0 Å². The smallest absolute Gasteiger partial charge is 0.314 e. The Hall–Kier alpha value is -3.16. The summed E-state index contributed by atoms with van der Waals surface area (Å²) >= 11 is 0. The van der Waals surface area contributed by atoms with Gasteiger partial charge in [-0.3, -0.25) is 9.59 Å². The molecular weight excluding hydrogens is 380 g/mol. The second-order valence-corrected chi connectivity index (χ2v) is 6.93. The number of fused-ring (bicyclic) bond motifs is 2. The molecule has 0 aliphatic carbocycles. The van der Waals surface area contributed by atoms with Crippen LogP contribution < -0.4 is 4.90 Å². The monoisotopic (exact) mass is 399 g/mol. The molecule has 0 radical (unpaired) electrons. The molecule has 2 aliphatic rings. The van der Waals surface area contributed by atoms with Crippen LogP contribution in [0.4, 0.5) is 14.5 Å². The van der Waals surface area contributed by atoms with Crippen molar-refractivity contribution in [1.29, 1.82) is 0 Å². The van der Waals surface area contributed by atoms with E-state index in [0.717, 1.165) is 5.56 Å². The van der Waals surface area contributed by atoms with Crippen LogP contribution in [0.3, 0.4) is 0 Å². The lowest BCUT2D eigenvalue weighted by molar-refractivity contribution is -0.154. The molecule has 2 heterocycles. The largest absolute Gasteiger partial charge is 0.466 e. The number of alkyl halides is 2. The van der Waals surface area contributed by atoms with Crippen LogP contribution >= 0.6 is 0 Å². The van der Waals surface area contributed by atoms with E-state index >= 15 is 0 Å². The second-order valence-electron chi connectivity index (χ2n) is 6.93. The lowest BCUT2D eigenvalue weighted by Gasteiger charge is -2.28. The zero-order valence-electron chi connectivity index (χ0n) is 15.7. The lowest BCUT2D eigenvalue weighted by Crippen LogP contribution is -2.49. The molecule has 3 atom stereocenters. The Morgan fingerprint density at radius 3 is 2.55 bits per heavy atom. The van der Waals surface area contributed by atoms with Gasteiger partial charge in [0.25, 0.3) is 12.3 Å². The Bertz CT molecular complexity index is 967. The van der Waals surface area contributed by atoms with Gasteiger partial charge in [-0.2, -0.15) is 10.2 Å². The number of carbonyl (C=O) groups is 2. The molecule has 6 nitrogen and oxygen atoms in total. The maximum absolute atomic E-state index is 13.7. The SMILES string of the molecule is CCOC(=O)C1C(C(F)F)N=NC12C(=O)N(Cc1ccccc1)c1ccccc12. The number of carbonyl (C=O) groups excluding carboxylic acids is 2. The average Bonchev–Trinajstić information content (AvgIpc) is 3.23. The summed E-state index contributed by atoms with van der Waals surface area (Å²) in [5.74, 6) is -2.96. The maximum Gasteiger partial charge on any atom is 0.314 e. The summed E-state index contributed by atoms with van der Waals surface area (Å²) < 4.78 is 32.4. The summed E-state index contributed by atoms with van der Waals surface area (Å²) in [7, 11) is 0. The molecule has 1 amide bonds. The molecule has 8 heteroatoms. The van der Waals surface area contributed by atoms with E-state index < -0.39 is 35.8 Å². The van der Waals surface area contributed by atoms with Crippen LogP contribution in [0.5, 0.6) is 0 Å². The van der Waals surface area contributed by atoms with Crippen LogP contribution in [0, 0.1) is 5.92 Å². The van der Waals surface area contributed by atoms with E-state index in [-0.39, 0.29) is 13.2 Å². The summed E-state index contributed by atoms with van der Waals surface area (Å²) in [6.07, 6.45) is -2.95. The molecule has 29 heavy (non-hydrogen) atoms. The third-order valence-electron chi connectivity index (χ3n) is 5.30. The first kappa shape index (κ1) is 19.2. The number of ether oxygens (including phenoxy) is 1. The van der Waals surface area contributed by atoms with Gasteiger partial charge < -0.3 is 9.64 Å². The summed E-state index contributed by atoms with van der Waals surface area (Å²) in [5, 5.41) is 7.69. The third-order valence-corrected chi connectivity index (χ3v) is 5.30. The number of benzene rings is 2. The van der Waals surface area contributed by atoms with Crippen molar-refractivity contribution in [3.05, 3.63) is 65.7 Å². The topological polar surface area (TPSA) is 71.3 Å². The van der Waals surface area contributed by atoms with Crippen molar-refractivity contribution in [2.24, 2.45) is 16.1 Å². The number of esters is 1. The fourth-order valence-corrected chi connectivity index (χ4v) is 4.05. The first-order valence-electron chi connectivity index (χ1n) is 9.33. The van der Waals surface area contributed by atoms with Gasteiger partial charge in [0.15, 0.2) is 0 Å². The molecule has 3 unspecified atom stereocenters. The number of nitrogens with zero attached hydrogens (tertiary/aromatic N) is 3. The van der Waals surface area contributed by atoms with Crippen molar-refractivity contribution in [3.63, 3.8) is 0 Å². The lowest BCUT2D eigenvalue weighted by atomic mass is 9.77. The number of para-hydroxylation sites is 1. The summed E-state index contributed by atoms with van der Waals surface area (Å²) in [4.78, 5) is 27.8. The Labute approximate surface area is 166 Å². The number of azo groups is 1. The average molecular weight is 399 g/mol. The predicted molar refractivity (Wildman–Crippen MR) is 101 cm³/mol. The van der Waals surface area contributed by atoms with E-state index in [1.807, 2.05) is 30.3 Å². The number of halogens is 2. The number of anilines is 1. The van der Waals surface area contributed by atoms with Crippen LogP contribution in [0.25, 0.3) is 0 Å². The van der Waals surface area contributed by atoms with Gasteiger partial charge in [0.2, 0.25) is 5.54 Å². The van der Waals surface area contributed by atoms with Crippen LogP contribution in [0.2, 0.25) is 0 Å². The van der Waals surface area contributed by atoms with Gasteiger partial charge in [-0.25, -0.2) is 8.78 Å². The molecular formula is C21H19F2N3O3. The van der Waals surface area contributed by atoms with Crippen molar-refractivity contribution in [1.82, 2.24) is 0 Å². The molecule has 1 spiro atoms. The quantitative estimate of drug-likeness (QED) is 0.720. The normalized spacial score (nSPS) is 25.1. The minimum atomic E-state index is -2.95. The predicted octanol–water partition coefficient (Wildman–Crippen LogP) is 3.71. The van der Waals surface area contributed by atoms with Crippen molar-refractivity contribution in [3.8, 4) is 0 Å². The molecule has 150 valence electrons. The van der Waals surface area contributed by atoms with E-state index in [1.165, 1.54) is 4.90 Å². The molecule has 0 bridgehead atoms. The van der Waals surface area contributed by atoms with E-state index in [1.54, 1.807) is 31.2 Å². The number of amides is 1. The van der Waals surface area contributed by atoms with E-state index in [4.69, 9.17) is 4.74 Å². The zero-order valence-corrected chi connectivity index (χ0v) is 15.7. The highest BCUT2D eigenvalue weighted by Gasteiger charge is 2.66. The standard InChI is InChI=1S/C21H19F2N3O3/c1-2-29-19(27)16-17(18(22)23)24-25-21(16)14-10-6-7-11-15(14)26(20(21)28)12-13-8-4-3-5-9-13/h3-11,16-18H,2,12H2,1H3. The Morgan fingerprint density at radius 2 is 1.86 bits per heavy atom. The molecule has 0 fully saturated rings. The minimum absolute atomic E-state index is 0.00490. The van der Waals surface area contributed by atoms with Crippen molar-refractivity contribution < 1.29 is 23.1 Å². The molecule has 2 aromatic rings. The Kier molecular flexibility index (Phi) is 4.86. The van der Waals surface area contributed by atoms with Crippen molar-refractivity contribution in [2.45, 2.75) is 31.5 Å². The van der Waals surface area contributed by atoms with Gasteiger partial charge in [0, 0.05) is 5.56 Å². The first-order valence-corrected chi connectivity index (χ1v) is 9.33. The molecule has 0 saturated carbocycles. The van der Waals surface area contributed by atoms with Gasteiger partial charge in [0.05, 0.1) is 18.8 Å². The Morgan fingerprint density at radius 1 is 1.17 bits per heavy atom. The van der Waals surface area contributed by atoms with Gasteiger partial charge >= 0.3 is 5.97 Å². The second kappa shape index (κ2) is 7.35. The zero-order chi connectivity index (χ0) is 20.6. The van der Waals surface area contributed by atoms with Crippen molar-refractivity contribution in [2.75, 3.05) is 11.5 Å². The fourth-order valence-electron chi connectivity index (χ4n) is 4.05. The van der Waals surface area contributed by atoms with Gasteiger partial charge in [0.1, 0.15) is 12.0 Å². The number of hydrogen-bond donors (Lipinski definition) is 0. The molecule has 0 N–H and O–H groups in total. The fraction of sp³-hybridized carbons (Fsp3) is 0.333. The minimum Gasteiger partial charge on any atom is -0.466 e. The summed E-state index contributed by atoms with van der Waals surface area (Å²) in [5.41, 5.74) is -0.0465. The van der Waals surface area contributed by atoms with Crippen LogP contribution in [-0.2, 0) is 26.4 Å². The highest BCUT2D eigenvalue weighted by molar-refractivity contribution is 6.10. The Balaban J connectivity index is 1.83. The van der Waals surface area contributed by atoms with E-state index in [0.29, 0.717) is 11.3 Å². The van der Waals surface area contributed by atoms with Crippen molar-refractivity contribution >= 4 is 17.6 Å². The molecule has 4 rings (SSSR count). The summed E-state index contributed by atoms with van der Waals surface area (Å²) in [6, 6.07) is 14.3. The highest BCUT2D eigenvalue weighted by atomic mass is 19.3. The number of hydrogen-bond acceptors (Lipinski definition) is 5. The summed E-state index contributed by atoms with van der Waals surface area (Å²) in [6.45, 7) is 1.81. The molecule has 2 aromatic carbocycles. The molecule has 0 saturated heterocycles. The van der Waals surface area contributed by atoms with Crippen LogP contribution in [0.15, 0.2) is 64.8 Å². The van der Waals surface area contributed by atoms with Crippen LogP contribution in [-0.4, -0.2) is 31.0 Å². The van der Waals surface area contributed by atoms with Gasteiger partial charge in [-0.05, 0) is 18.6 Å². The highest BCUT2D eigenvalue weighted by Crippen LogP contribution is 2.53. The van der Waals surface area contributed by atoms with E-state index in [2.05, 4.69) is 10.2 Å². The first-order chi connectivity index (χ1) is 14.0. The molecule has 0 aromatic heterocycles. The van der Waals surface area contributed by atoms with E-state index in [9.17, 15) is 18.4 Å².